The average Bonchev–Trinajstić information content (AvgIpc) is 2.66. The second kappa shape index (κ2) is 6.02. The van der Waals surface area contributed by atoms with Crippen molar-refractivity contribution in [2.45, 2.75) is 38.7 Å². The van der Waals surface area contributed by atoms with E-state index in [0.29, 0.717) is 11.3 Å². The molecule has 1 atom stereocenters. The predicted octanol–water partition coefficient (Wildman–Crippen LogP) is 3.03. The van der Waals surface area contributed by atoms with Crippen LogP contribution in [0.15, 0.2) is 18.2 Å². The minimum Gasteiger partial charge on any atom is -0.389 e. The SMILES string of the molecule is C[C@H](O)c1ccc(N2CCCCCC2)c([N+](=O)[O-])c1. The number of aliphatic hydroxyl groups is 1. The van der Waals surface area contributed by atoms with E-state index in [0.717, 1.165) is 25.9 Å². The highest BCUT2D eigenvalue weighted by Gasteiger charge is 2.21. The summed E-state index contributed by atoms with van der Waals surface area (Å²) in [7, 11) is 0. The summed E-state index contributed by atoms with van der Waals surface area (Å²) >= 11 is 0. The molecule has 104 valence electrons. The Morgan fingerprint density at radius 1 is 1.26 bits per heavy atom. The van der Waals surface area contributed by atoms with Crippen LogP contribution in [0.5, 0.6) is 0 Å². The van der Waals surface area contributed by atoms with E-state index in [-0.39, 0.29) is 10.6 Å². The van der Waals surface area contributed by atoms with Gasteiger partial charge < -0.3 is 10.0 Å². The van der Waals surface area contributed by atoms with Crippen LogP contribution in [0.1, 0.15) is 44.3 Å². The maximum atomic E-state index is 11.2. The fourth-order valence-corrected chi connectivity index (χ4v) is 2.53. The van der Waals surface area contributed by atoms with Crippen LogP contribution >= 0.6 is 0 Å². The Balaban J connectivity index is 2.35. The van der Waals surface area contributed by atoms with Gasteiger partial charge in [0.05, 0.1) is 11.0 Å². The van der Waals surface area contributed by atoms with Crippen molar-refractivity contribution in [2.75, 3.05) is 18.0 Å². The summed E-state index contributed by atoms with van der Waals surface area (Å²) in [4.78, 5) is 13.0. The Bertz CT molecular complexity index is 452. The van der Waals surface area contributed by atoms with Gasteiger partial charge >= 0.3 is 0 Å². The van der Waals surface area contributed by atoms with Crippen molar-refractivity contribution in [1.82, 2.24) is 0 Å². The Morgan fingerprint density at radius 2 is 1.89 bits per heavy atom. The molecule has 19 heavy (non-hydrogen) atoms. The fraction of sp³-hybridized carbons (Fsp3) is 0.571. The maximum Gasteiger partial charge on any atom is 0.292 e. The maximum absolute atomic E-state index is 11.2. The molecule has 1 aliphatic rings. The van der Waals surface area contributed by atoms with Crippen molar-refractivity contribution >= 4 is 11.4 Å². The number of nitrogens with zero attached hydrogens (tertiary/aromatic N) is 2. The van der Waals surface area contributed by atoms with E-state index < -0.39 is 6.10 Å². The molecule has 0 bridgehead atoms. The first-order valence-electron chi connectivity index (χ1n) is 6.81. The summed E-state index contributed by atoms with van der Waals surface area (Å²) in [5, 5.41) is 20.8. The van der Waals surface area contributed by atoms with Gasteiger partial charge in [0.15, 0.2) is 0 Å². The number of rotatable bonds is 3. The minimum atomic E-state index is -0.683. The van der Waals surface area contributed by atoms with Gasteiger partial charge in [-0.1, -0.05) is 18.9 Å². The molecule has 5 heteroatoms. The highest BCUT2D eigenvalue weighted by Crippen LogP contribution is 2.32. The number of benzene rings is 1. The van der Waals surface area contributed by atoms with Crippen LogP contribution in [0.25, 0.3) is 0 Å². The first kappa shape index (κ1) is 13.8. The smallest absolute Gasteiger partial charge is 0.292 e. The fourth-order valence-electron chi connectivity index (χ4n) is 2.53. The number of hydrogen-bond donors (Lipinski definition) is 1. The average molecular weight is 264 g/mol. The van der Waals surface area contributed by atoms with Gasteiger partial charge in [-0.15, -0.1) is 0 Å². The van der Waals surface area contributed by atoms with Crippen molar-refractivity contribution in [3.05, 3.63) is 33.9 Å². The van der Waals surface area contributed by atoms with Gasteiger partial charge in [-0.25, -0.2) is 0 Å². The van der Waals surface area contributed by atoms with E-state index in [1.165, 1.54) is 18.9 Å². The van der Waals surface area contributed by atoms with Crippen LogP contribution in [0.4, 0.5) is 11.4 Å². The molecule has 0 amide bonds. The summed E-state index contributed by atoms with van der Waals surface area (Å²) in [6, 6.07) is 5.04. The van der Waals surface area contributed by atoms with E-state index in [4.69, 9.17) is 0 Å². The summed E-state index contributed by atoms with van der Waals surface area (Å²) in [5.74, 6) is 0. The number of nitro benzene ring substituents is 1. The largest absolute Gasteiger partial charge is 0.389 e. The summed E-state index contributed by atoms with van der Waals surface area (Å²) in [5.41, 5.74) is 1.36. The van der Waals surface area contributed by atoms with Gasteiger partial charge in [0.25, 0.3) is 5.69 Å². The number of nitro groups is 1. The van der Waals surface area contributed by atoms with Crippen molar-refractivity contribution in [1.29, 1.82) is 0 Å². The van der Waals surface area contributed by atoms with Crippen LogP contribution in [0, 0.1) is 10.1 Å². The summed E-state index contributed by atoms with van der Waals surface area (Å²) in [6.07, 6.45) is 3.85. The molecule has 1 heterocycles. The standard InChI is InChI=1S/C14H20N2O3/c1-11(17)12-6-7-13(14(10-12)16(18)19)15-8-4-2-3-5-9-15/h6-7,10-11,17H,2-5,8-9H2,1H3/t11-/m0/s1. The zero-order valence-corrected chi connectivity index (χ0v) is 11.2. The molecule has 0 aromatic heterocycles. The number of aliphatic hydroxyl groups excluding tert-OH is 1. The highest BCUT2D eigenvalue weighted by atomic mass is 16.6. The summed E-state index contributed by atoms with van der Waals surface area (Å²) in [6.45, 7) is 3.36. The third kappa shape index (κ3) is 3.23. The van der Waals surface area contributed by atoms with E-state index in [1.54, 1.807) is 19.1 Å². The molecule has 5 nitrogen and oxygen atoms in total. The summed E-state index contributed by atoms with van der Waals surface area (Å²) < 4.78 is 0. The van der Waals surface area contributed by atoms with Crippen molar-refractivity contribution in [3.8, 4) is 0 Å². The Kier molecular flexibility index (Phi) is 4.37. The Hall–Kier alpha value is -1.62. The lowest BCUT2D eigenvalue weighted by atomic mass is 10.1. The Morgan fingerprint density at radius 3 is 2.42 bits per heavy atom. The molecule has 0 aliphatic carbocycles. The van der Waals surface area contributed by atoms with Gasteiger partial charge in [-0.2, -0.15) is 0 Å². The monoisotopic (exact) mass is 264 g/mol. The van der Waals surface area contributed by atoms with Crippen LogP contribution in [-0.4, -0.2) is 23.1 Å². The minimum absolute atomic E-state index is 0.0975. The molecule has 0 spiro atoms. The quantitative estimate of drug-likeness (QED) is 0.673. The van der Waals surface area contributed by atoms with Gasteiger partial charge in [0, 0.05) is 19.2 Å². The van der Waals surface area contributed by atoms with Gasteiger partial charge in [-0.05, 0) is 31.4 Å². The van der Waals surface area contributed by atoms with E-state index >= 15 is 0 Å². The molecule has 1 aliphatic heterocycles. The zero-order chi connectivity index (χ0) is 13.8. The van der Waals surface area contributed by atoms with Gasteiger partial charge in [0.1, 0.15) is 5.69 Å². The molecule has 0 saturated carbocycles. The van der Waals surface area contributed by atoms with E-state index in [9.17, 15) is 15.2 Å². The normalized spacial score (nSPS) is 17.9. The molecule has 0 unspecified atom stereocenters. The van der Waals surface area contributed by atoms with Crippen molar-refractivity contribution in [3.63, 3.8) is 0 Å². The third-order valence-electron chi connectivity index (χ3n) is 3.63. The number of anilines is 1. The third-order valence-corrected chi connectivity index (χ3v) is 3.63. The van der Waals surface area contributed by atoms with Crippen molar-refractivity contribution < 1.29 is 10.0 Å². The molecule has 0 radical (unpaired) electrons. The first-order chi connectivity index (χ1) is 9.09. The number of hydrogen-bond acceptors (Lipinski definition) is 4. The van der Waals surface area contributed by atoms with Crippen LogP contribution < -0.4 is 4.90 Å². The lowest BCUT2D eigenvalue weighted by Crippen LogP contribution is -2.24. The highest BCUT2D eigenvalue weighted by molar-refractivity contribution is 5.64. The molecule has 1 N–H and O–H groups in total. The lowest BCUT2D eigenvalue weighted by molar-refractivity contribution is -0.384. The topological polar surface area (TPSA) is 66.6 Å². The predicted molar refractivity (Wildman–Crippen MR) is 74.4 cm³/mol. The molecule has 1 saturated heterocycles. The van der Waals surface area contributed by atoms with Gasteiger partial charge in [-0.3, -0.25) is 10.1 Å². The molecule has 2 rings (SSSR count). The van der Waals surface area contributed by atoms with Crippen LogP contribution in [-0.2, 0) is 0 Å². The van der Waals surface area contributed by atoms with E-state index in [2.05, 4.69) is 4.90 Å². The lowest BCUT2D eigenvalue weighted by Gasteiger charge is -2.22. The van der Waals surface area contributed by atoms with Crippen molar-refractivity contribution in [2.24, 2.45) is 0 Å². The van der Waals surface area contributed by atoms with Crippen LogP contribution in [0.2, 0.25) is 0 Å². The van der Waals surface area contributed by atoms with Gasteiger partial charge in [0.2, 0.25) is 0 Å². The second-order valence-corrected chi connectivity index (χ2v) is 5.08. The molecular formula is C14H20N2O3. The van der Waals surface area contributed by atoms with E-state index in [1.807, 2.05) is 0 Å². The molecular weight excluding hydrogens is 244 g/mol. The molecule has 1 fully saturated rings. The Labute approximate surface area is 113 Å². The second-order valence-electron chi connectivity index (χ2n) is 5.08. The van der Waals surface area contributed by atoms with Crippen LogP contribution in [0.3, 0.4) is 0 Å². The molecule has 1 aromatic carbocycles. The zero-order valence-electron chi connectivity index (χ0n) is 11.2. The molecule has 1 aromatic rings. The first-order valence-corrected chi connectivity index (χ1v) is 6.81.